The molecule has 0 unspecified atom stereocenters. The molecule has 0 radical (unpaired) electrons. The van der Waals surface area contributed by atoms with Gasteiger partial charge >= 0.3 is 267 Å². The number of rotatable bonds is 22. The van der Waals surface area contributed by atoms with E-state index in [2.05, 4.69) is 26.8 Å². The Hall–Kier alpha value is -1.91. The molecule has 0 aliphatic heterocycles. The fourth-order valence-corrected chi connectivity index (χ4v) is 26.2. The average molecular weight is 766 g/mol. The van der Waals surface area contributed by atoms with Crippen LogP contribution >= 0.6 is 0 Å². The van der Waals surface area contributed by atoms with Crippen LogP contribution in [0.15, 0.2) is 94.8 Å². The van der Waals surface area contributed by atoms with Crippen molar-refractivity contribution in [2.45, 2.75) is 117 Å². The summed E-state index contributed by atoms with van der Waals surface area (Å²) in [7, 11) is -8.78. The molecule has 0 saturated carbocycles. The molecular weight excluding hydrogens is 711 g/mol. The summed E-state index contributed by atoms with van der Waals surface area (Å²) >= 11 is -2.45. The van der Waals surface area contributed by atoms with Crippen LogP contribution in [0.5, 0.6) is 0 Å². The number of ether oxygens (including phenoxy) is 1. The Morgan fingerprint density at radius 3 is 1.60 bits per heavy atom. The standard InChI is InChI=1S/C24H27O6S2.3C4H9.Sn/c1-3-4-11-18-24(19-12-13-20-30-21(2)25,31(26,27)22-14-7-5-8-15-22)32(28,29)23-16-9-6-10-17-23;3*1-3-4-2;/h3-10,12-17H,1,11,18-20H2,2H3;3*1,3-4H2,2H3;/b4-3+,13-12-;;;;. The molecule has 9 heteroatoms. The second kappa shape index (κ2) is 19.7. The van der Waals surface area contributed by atoms with Crippen molar-refractivity contribution in [1.82, 2.24) is 0 Å². The van der Waals surface area contributed by atoms with Crippen molar-refractivity contribution >= 4 is 44.0 Å². The van der Waals surface area contributed by atoms with E-state index in [9.17, 15) is 21.6 Å². The number of unbranched alkanes of at least 4 members (excludes halogenated alkanes) is 3. The van der Waals surface area contributed by atoms with Gasteiger partial charge in [0.1, 0.15) is 0 Å². The molecule has 2 aromatic rings. The van der Waals surface area contributed by atoms with Gasteiger partial charge in [-0.2, -0.15) is 0 Å². The summed E-state index contributed by atoms with van der Waals surface area (Å²) in [4.78, 5) is 11.2. The summed E-state index contributed by atoms with van der Waals surface area (Å²) in [5.74, 6) is -0.469. The molecule has 0 heterocycles. The molecule has 2 aromatic carbocycles. The fraction of sp³-hybridized carbons (Fsp3) is 0.528. The second-order valence-corrected chi connectivity index (χ2v) is 30.8. The third-order valence-corrected chi connectivity index (χ3v) is 29.7. The van der Waals surface area contributed by atoms with Crippen LogP contribution < -0.4 is 0 Å². The number of benzene rings is 2. The zero-order valence-electron chi connectivity index (χ0n) is 27.7. The summed E-state index contributed by atoms with van der Waals surface area (Å²) in [6, 6.07) is 15.7. The Balaban J connectivity index is 2.57. The molecule has 0 aliphatic rings. The second-order valence-electron chi connectivity index (χ2n) is 12.0. The third kappa shape index (κ3) is 11.1. The van der Waals surface area contributed by atoms with E-state index in [1.54, 1.807) is 36.4 Å². The summed E-state index contributed by atoms with van der Waals surface area (Å²) in [5.41, 5.74) is 0. The summed E-state index contributed by atoms with van der Waals surface area (Å²) in [6.45, 7) is 7.99. The van der Waals surface area contributed by atoms with Crippen molar-refractivity contribution in [2.24, 2.45) is 0 Å². The summed E-state index contributed by atoms with van der Waals surface area (Å²) < 4.78 is 66.1. The van der Waals surface area contributed by atoms with Crippen LogP contribution in [0.3, 0.4) is 0 Å². The fourth-order valence-electron chi connectivity index (χ4n) is 5.95. The van der Waals surface area contributed by atoms with Gasteiger partial charge in [-0.1, -0.05) is 0 Å². The Labute approximate surface area is 277 Å². The van der Waals surface area contributed by atoms with E-state index < -0.39 is 48.1 Å². The van der Waals surface area contributed by atoms with Crippen LogP contribution in [0.25, 0.3) is 0 Å². The zero-order valence-corrected chi connectivity index (χ0v) is 32.2. The molecule has 0 atom stereocenters. The van der Waals surface area contributed by atoms with E-state index in [1.165, 1.54) is 95.2 Å². The van der Waals surface area contributed by atoms with Gasteiger partial charge in [-0.05, 0) is 0 Å². The third-order valence-electron chi connectivity index (χ3n) is 8.66. The molecule has 250 valence electrons. The summed E-state index contributed by atoms with van der Waals surface area (Å²) in [6.07, 6.45) is 14.7. The Bertz CT molecular complexity index is 1330. The van der Waals surface area contributed by atoms with Crippen molar-refractivity contribution in [2.75, 3.05) is 6.61 Å². The van der Waals surface area contributed by atoms with Gasteiger partial charge in [0.05, 0.1) is 0 Å². The van der Waals surface area contributed by atoms with E-state index in [0.29, 0.717) is 6.42 Å². The average Bonchev–Trinajstić information content (AvgIpc) is 3.04. The SMILES string of the molecule is CCC[CH2][Sn]([CH2]/C=C/CCC(C/C=C\COC(C)=O)(S(=O)(=O)c1ccccc1)S(=O)(=O)c1ccccc1)([CH2]CCC)[CH2]CCC. The Morgan fingerprint density at radius 1 is 0.711 bits per heavy atom. The van der Waals surface area contributed by atoms with Gasteiger partial charge in [-0.3, -0.25) is 4.79 Å². The van der Waals surface area contributed by atoms with Crippen molar-refractivity contribution in [3.05, 3.63) is 85.0 Å². The predicted molar refractivity (Wildman–Crippen MR) is 188 cm³/mol. The Morgan fingerprint density at radius 2 is 1.18 bits per heavy atom. The van der Waals surface area contributed by atoms with Gasteiger partial charge < -0.3 is 0 Å². The van der Waals surface area contributed by atoms with Crippen LogP contribution in [0.1, 0.15) is 85.5 Å². The molecule has 0 spiro atoms. The number of allylic oxidation sites excluding steroid dienone is 3. The van der Waals surface area contributed by atoms with Gasteiger partial charge in [0.25, 0.3) is 0 Å². The monoisotopic (exact) mass is 766 g/mol. The number of carbonyl (C=O) groups is 1. The van der Waals surface area contributed by atoms with Crippen molar-refractivity contribution in [3.8, 4) is 0 Å². The molecule has 0 aliphatic carbocycles. The first-order chi connectivity index (χ1) is 21.5. The number of sulfone groups is 2. The zero-order chi connectivity index (χ0) is 33.2. The first kappa shape index (κ1) is 39.3. The Kier molecular flexibility index (Phi) is 17.2. The quantitative estimate of drug-likeness (QED) is 0.0674. The van der Waals surface area contributed by atoms with Gasteiger partial charge in [-0.15, -0.1) is 0 Å². The van der Waals surface area contributed by atoms with E-state index >= 15 is 0 Å². The molecule has 0 saturated heterocycles. The molecule has 0 bridgehead atoms. The van der Waals surface area contributed by atoms with Gasteiger partial charge in [0, 0.05) is 6.92 Å². The minimum absolute atomic E-state index is 0.0317. The maximum atomic E-state index is 14.5. The number of esters is 1. The topological polar surface area (TPSA) is 94.6 Å². The molecule has 0 fully saturated rings. The normalized spacial score (nSPS) is 13.1. The van der Waals surface area contributed by atoms with Crippen LogP contribution in [-0.4, -0.2) is 51.9 Å². The molecule has 2 rings (SSSR count). The van der Waals surface area contributed by atoms with Crippen molar-refractivity contribution < 1.29 is 26.4 Å². The number of carbonyl (C=O) groups excluding carboxylic acids is 1. The van der Waals surface area contributed by atoms with Crippen molar-refractivity contribution in [3.63, 3.8) is 0 Å². The minimum atomic E-state index is -4.39. The van der Waals surface area contributed by atoms with E-state index in [0.717, 1.165) is 4.44 Å². The van der Waals surface area contributed by atoms with E-state index in [-0.39, 0.29) is 29.2 Å². The van der Waals surface area contributed by atoms with Crippen LogP contribution in [0, 0.1) is 0 Å². The van der Waals surface area contributed by atoms with Crippen molar-refractivity contribution in [1.29, 1.82) is 0 Å². The predicted octanol–water partition coefficient (Wildman–Crippen LogP) is 9.33. The molecule has 0 amide bonds. The first-order valence-corrected chi connectivity index (χ1v) is 27.6. The van der Waals surface area contributed by atoms with Crippen LogP contribution in [0.4, 0.5) is 0 Å². The number of hydrogen-bond acceptors (Lipinski definition) is 6. The van der Waals surface area contributed by atoms with E-state index in [4.69, 9.17) is 4.74 Å². The van der Waals surface area contributed by atoms with Crippen LogP contribution in [0.2, 0.25) is 17.7 Å². The summed E-state index contributed by atoms with van der Waals surface area (Å²) in [5, 5.41) is 0. The molecule has 45 heavy (non-hydrogen) atoms. The molecular formula is C36H54O6S2Sn. The number of hydrogen-bond donors (Lipinski definition) is 0. The van der Waals surface area contributed by atoms with Gasteiger partial charge in [0.15, 0.2) is 0 Å². The van der Waals surface area contributed by atoms with Crippen LogP contribution in [-0.2, 0) is 29.2 Å². The van der Waals surface area contributed by atoms with Gasteiger partial charge in [0.2, 0.25) is 0 Å². The van der Waals surface area contributed by atoms with E-state index in [1.807, 2.05) is 6.08 Å². The molecule has 0 aromatic heterocycles. The first-order valence-electron chi connectivity index (χ1n) is 16.5. The molecule has 6 nitrogen and oxygen atoms in total. The molecule has 0 N–H and O–H groups in total. The van der Waals surface area contributed by atoms with Gasteiger partial charge in [-0.25, -0.2) is 0 Å². The maximum absolute atomic E-state index is 14.5.